The molecule has 0 radical (unpaired) electrons. The highest BCUT2D eigenvalue weighted by Crippen LogP contribution is 2.10. The quantitative estimate of drug-likeness (QED) is 0.275. The lowest BCUT2D eigenvalue weighted by Crippen LogP contribution is -2.27. The maximum atomic E-state index is 11.9. The monoisotopic (exact) mass is 348 g/mol. The summed E-state index contributed by atoms with van der Waals surface area (Å²) in [6.45, 7) is 5.12. The molecule has 0 bridgehead atoms. The lowest BCUT2D eigenvalue weighted by atomic mass is 10.1. The number of carbonyl (C=O) groups is 1. The molecule has 1 aliphatic rings. The highest BCUT2D eigenvalue weighted by atomic mass is 16.1. The van der Waals surface area contributed by atoms with E-state index < -0.39 is 0 Å². The molecule has 1 unspecified atom stereocenters. The van der Waals surface area contributed by atoms with Gasteiger partial charge in [0.15, 0.2) is 11.6 Å². The van der Waals surface area contributed by atoms with Crippen LogP contribution in [-0.4, -0.2) is 24.2 Å². The number of carbonyl (C=O) groups excluding carboxylic acids is 1. The molecule has 0 aromatic rings. The molecule has 0 aliphatic carbocycles. The number of hydrogen-bond acceptors (Lipinski definition) is 3. The largest absolute Gasteiger partial charge is 0.365 e. The SMILES string of the molecule is CCCCCCCCC=CCCCCCCCC(=O)C1=NC(C)CN1. The molecule has 0 fully saturated rings. The van der Waals surface area contributed by atoms with Crippen molar-refractivity contribution in [2.75, 3.05) is 6.54 Å². The van der Waals surface area contributed by atoms with Crippen LogP contribution < -0.4 is 5.32 Å². The first-order valence-electron chi connectivity index (χ1n) is 10.7. The van der Waals surface area contributed by atoms with Crippen LogP contribution >= 0.6 is 0 Å². The summed E-state index contributed by atoms with van der Waals surface area (Å²) in [5, 5.41) is 3.10. The third-order valence-corrected chi connectivity index (χ3v) is 4.84. The average Bonchev–Trinajstić information content (AvgIpc) is 3.04. The number of Topliss-reactive ketones (excluding diaryl/α,β-unsaturated/α-hetero) is 1. The molecule has 3 nitrogen and oxygen atoms in total. The van der Waals surface area contributed by atoms with Crippen molar-refractivity contribution in [2.45, 2.75) is 110 Å². The van der Waals surface area contributed by atoms with Gasteiger partial charge >= 0.3 is 0 Å². The topological polar surface area (TPSA) is 41.5 Å². The molecular formula is C22H40N2O. The van der Waals surface area contributed by atoms with Gasteiger partial charge in [0.2, 0.25) is 0 Å². The second-order valence-electron chi connectivity index (χ2n) is 7.47. The summed E-state index contributed by atoms with van der Waals surface area (Å²) < 4.78 is 0. The van der Waals surface area contributed by atoms with Crippen LogP contribution in [0.1, 0.15) is 104 Å². The maximum absolute atomic E-state index is 11.9. The molecule has 1 aliphatic heterocycles. The van der Waals surface area contributed by atoms with Crippen LogP contribution in [0.2, 0.25) is 0 Å². The van der Waals surface area contributed by atoms with E-state index in [4.69, 9.17) is 0 Å². The van der Waals surface area contributed by atoms with Crippen LogP contribution in [0.3, 0.4) is 0 Å². The van der Waals surface area contributed by atoms with Crippen molar-refractivity contribution in [3.63, 3.8) is 0 Å². The van der Waals surface area contributed by atoms with Gasteiger partial charge in [0, 0.05) is 13.0 Å². The van der Waals surface area contributed by atoms with Crippen LogP contribution in [-0.2, 0) is 4.79 Å². The zero-order valence-corrected chi connectivity index (χ0v) is 16.7. The van der Waals surface area contributed by atoms with Crippen LogP contribution in [0, 0.1) is 0 Å². The Labute approximate surface area is 155 Å². The fourth-order valence-corrected chi connectivity index (χ4v) is 3.20. The first kappa shape index (κ1) is 21.9. The van der Waals surface area contributed by atoms with Crippen LogP contribution in [0.25, 0.3) is 0 Å². The average molecular weight is 349 g/mol. The molecule has 0 aromatic carbocycles. The number of rotatable bonds is 16. The highest BCUT2D eigenvalue weighted by molar-refractivity contribution is 6.39. The zero-order valence-electron chi connectivity index (χ0n) is 16.7. The minimum atomic E-state index is 0.196. The molecule has 0 saturated heterocycles. The Hall–Kier alpha value is -1.12. The maximum Gasteiger partial charge on any atom is 0.197 e. The fourth-order valence-electron chi connectivity index (χ4n) is 3.20. The minimum Gasteiger partial charge on any atom is -0.365 e. The summed E-state index contributed by atoms with van der Waals surface area (Å²) in [7, 11) is 0. The fraction of sp³-hybridized carbons (Fsp3) is 0.818. The van der Waals surface area contributed by atoms with Crippen molar-refractivity contribution in [3.05, 3.63) is 12.2 Å². The van der Waals surface area contributed by atoms with Crippen LogP contribution in [0.15, 0.2) is 17.1 Å². The number of ketones is 1. The standard InChI is InChI=1S/C22H40N2O/c1-3-4-5-6-7-8-9-10-11-12-13-14-15-16-17-18-21(25)22-23-19-20(2)24-22/h10-11,20H,3-9,12-19H2,1-2H3,(H,23,24). The number of nitrogens with zero attached hydrogens (tertiary/aromatic N) is 1. The second-order valence-corrected chi connectivity index (χ2v) is 7.47. The summed E-state index contributed by atoms with van der Waals surface area (Å²) in [6.07, 6.45) is 22.1. The summed E-state index contributed by atoms with van der Waals surface area (Å²) in [4.78, 5) is 16.2. The van der Waals surface area contributed by atoms with E-state index >= 15 is 0 Å². The van der Waals surface area contributed by atoms with Gasteiger partial charge in [-0.25, -0.2) is 0 Å². The molecule has 0 aromatic heterocycles. The molecule has 1 rings (SSSR count). The van der Waals surface area contributed by atoms with Gasteiger partial charge in [-0.3, -0.25) is 9.79 Å². The van der Waals surface area contributed by atoms with E-state index in [1.807, 2.05) is 6.92 Å². The van der Waals surface area contributed by atoms with Crippen molar-refractivity contribution in [2.24, 2.45) is 4.99 Å². The number of unbranched alkanes of at least 4 members (excludes halogenated alkanes) is 11. The van der Waals surface area contributed by atoms with E-state index in [0.717, 1.165) is 19.4 Å². The second kappa shape index (κ2) is 15.2. The van der Waals surface area contributed by atoms with Gasteiger partial charge in [0.25, 0.3) is 0 Å². The third-order valence-electron chi connectivity index (χ3n) is 4.84. The van der Waals surface area contributed by atoms with Crippen molar-refractivity contribution < 1.29 is 4.79 Å². The number of hydrogen-bond donors (Lipinski definition) is 1. The van der Waals surface area contributed by atoms with E-state index in [2.05, 4.69) is 29.4 Å². The molecule has 0 saturated carbocycles. The predicted octanol–water partition coefficient (Wildman–Crippen LogP) is 5.98. The molecule has 1 atom stereocenters. The van der Waals surface area contributed by atoms with Gasteiger partial charge in [0.1, 0.15) is 0 Å². The van der Waals surface area contributed by atoms with Crippen molar-refractivity contribution in [1.29, 1.82) is 0 Å². The van der Waals surface area contributed by atoms with Crippen LogP contribution in [0.4, 0.5) is 0 Å². The summed E-state index contributed by atoms with van der Waals surface area (Å²) in [5.41, 5.74) is 0. The third kappa shape index (κ3) is 12.0. The Morgan fingerprint density at radius 2 is 1.52 bits per heavy atom. The van der Waals surface area contributed by atoms with E-state index in [1.54, 1.807) is 0 Å². The number of allylic oxidation sites excluding steroid dienone is 2. The van der Waals surface area contributed by atoms with Crippen molar-refractivity contribution in [1.82, 2.24) is 5.32 Å². The van der Waals surface area contributed by atoms with Gasteiger partial charge in [-0.05, 0) is 39.0 Å². The summed E-state index contributed by atoms with van der Waals surface area (Å²) >= 11 is 0. The van der Waals surface area contributed by atoms with Gasteiger partial charge in [-0.15, -0.1) is 0 Å². The van der Waals surface area contributed by atoms with Crippen LogP contribution in [0.5, 0.6) is 0 Å². The molecule has 1 heterocycles. The molecule has 25 heavy (non-hydrogen) atoms. The molecule has 0 spiro atoms. The molecule has 0 amide bonds. The van der Waals surface area contributed by atoms with E-state index in [9.17, 15) is 4.79 Å². The Morgan fingerprint density at radius 1 is 0.960 bits per heavy atom. The minimum absolute atomic E-state index is 0.196. The Morgan fingerprint density at radius 3 is 2.08 bits per heavy atom. The Balaban J connectivity index is 1.82. The van der Waals surface area contributed by atoms with Gasteiger partial charge in [-0.2, -0.15) is 0 Å². The Kier molecular flexibility index (Phi) is 13.3. The normalized spacial score (nSPS) is 17.0. The highest BCUT2D eigenvalue weighted by Gasteiger charge is 2.17. The lowest BCUT2D eigenvalue weighted by Gasteiger charge is -2.02. The Bertz CT molecular complexity index is 401. The first-order valence-corrected chi connectivity index (χ1v) is 10.7. The van der Waals surface area contributed by atoms with Gasteiger partial charge < -0.3 is 5.32 Å². The molecule has 3 heteroatoms. The molecule has 1 N–H and O–H groups in total. The van der Waals surface area contributed by atoms with Crippen molar-refractivity contribution >= 4 is 11.6 Å². The van der Waals surface area contributed by atoms with E-state index in [-0.39, 0.29) is 11.8 Å². The smallest absolute Gasteiger partial charge is 0.197 e. The number of aliphatic imine (C=N–C) groups is 1. The van der Waals surface area contributed by atoms with Gasteiger partial charge in [0.05, 0.1) is 6.04 Å². The van der Waals surface area contributed by atoms with Crippen molar-refractivity contribution in [3.8, 4) is 0 Å². The zero-order chi connectivity index (χ0) is 18.2. The number of amidine groups is 1. The summed E-state index contributed by atoms with van der Waals surface area (Å²) in [6, 6.07) is 0.257. The van der Waals surface area contributed by atoms with E-state index in [0.29, 0.717) is 12.3 Å². The lowest BCUT2D eigenvalue weighted by molar-refractivity contribution is -0.113. The van der Waals surface area contributed by atoms with E-state index in [1.165, 1.54) is 70.6 Å². The number of nitrogens with one attached hydrogen (secondary N) is 1. The molecule has 144 valence electrons. The first-order chi connectivity index (χ1) is 12.2. The summed E-state index contributed by atoms with van der Waals surface area (Å²) in [5.74, 6) is 0.810. The predicted molar refractivity (Wildman–Crippen MR) is 109 cm³/mol. The van der Waals surface area contributed by atoms with Gasteiger partial charge in [-0.1, -0.05) is 70.4 Å². The molecular weight excluding hydrogens is 308 g/mol.